The smallest absolute Gasteiger partial charge is 0.265 e. The van der Waals surface area contributed by atoms with E-state index in [-0.39, 0.29) is 12.5 Å². The monoisotopic (exact) mass is 249 g/mol. The van der Waals surface area contributed by atoms with Crippen LogP contribution in [-0.2, 0) is 11.3 Å². The molecule has 5 heteroatoms. The molecule has 0 spiro atoms. The minimum absolute atomic E-state index is 0.00449. The molecule has 18 heavy (non-hydrogen) atoms. The molecule has 1 aliphatic rings. The van der Waals surface area contributed by atoms with Crippen molar-refractivity contribution < 1.29 is 9.53 Å². The van der Waals surface area contributed by atoms with Crippen LogP contribution in [0.3, 0.4) is 0 Å². The highest BCUT2D eigenvalue weighted by molar-refractivity contribution is 5.97. The summed E-state index contributed by atoms with van der Waals surface area (Å²) >= 11 is 0. The first-order valence-electron chi connectivity index (χ1n) is 6.02. The van der Waals surface area contributed by atoms with E-state index in [1.807, 2.05) is 32.3 Å². The average molecular weight is 249 g/mol. The molecule has 0 radical (unpaired) electrons. The molecule has 1 heterocycles. The number of nitrogens with two attached hydrogens (primary N) is 1. The van der Waals surface area contributed by atoms with E-state index in [9.17, 15) is 4.79 Å². The van der Waals surface area contributed by atoms with Crippen LogP contribution in [0.1, 0.15) is 5.56 Å². The standard InChI is InChI=1S/C13H19N3O2/c1-15(2)5-6-16-11-4-3-10(8-14)7-12(11)18-9-13(16)17/h3-4,7H,5-6,8-9,14H2,1-2H3. The van der Waals surface area contributed by atoms with Crippen molar-refractivity contribution in [3.05, 3.63) is 23.8 Å². The van der Waals surface area contributed by atoms with Gasteiger partial charge in [0.1, 0.15) is 5.75 Å². The highest BCUT2D eigenvalue weighted by Gasteiger charge is 2.25. The van der Waals surface area contributed by atoms with Gasteiger partial charge in [0.15, 0.2) is 6.61 Å². The van der Waals surface area contributed by atoms with Crippen LogP contribution >= 0.6 is 0 Å². The number of hydrogen-bond donors (Lipinski definition) is 1. The molecule has 0 aliphatic carbocycles. The number of benzene rings is 1. The molecule has 1 aromatic rings. The van der Waals surface area contributed by atoms with Crippen molar-refractivity contribution in [3.63, 3.8) is 0 Å². The highest BCUT2D eigenvalue weighted by Crippen LogP contribution is 2.32. The molecular formula is C13H19N3O2. The van der Waals surface area contributed by atoms with Crippen molar-refractivity contribution in [3.8, 4) is 5.75 Å². The Morgan fingerprint density at radius 1 is 1.44 bits per heavy atom. The molecule has 0 atom stereocenters. The van der Waals surface area contributed by atoms with Gasteiger partial charge in [0, 0.05) is 19.6 Å². The minimum atomic E-state index is 0.00449. The summed E-state index contributed by atoms with van der Waals surface area (Å²) < 4.78 is 5.45. The van der Waals surface area contributed by atoms with E-state index in [0.717, 1.165) is 23.5 Å². The normalized spacial score (nSPS) is 14.7. The Hall–Kier alpha value is -1.59. The molecule has 0 bridgehead atoms. The Balaban J connectivity index is 2.24. The third kappa shape index (κ3) is 2.63. The van der Waals surface area contributed by atoms with E-state index in [2.05, 4.69) is 4.90 Å². The van der Waals surface area contributed by atoms with Gasteiger partial charge in [-0.1, -0.05) is 6.07 Å². The molecule has 1 amide bonds. The molecule has 98 valence electrons. The maximum absolute atomic E-state index is 11.9. The Kier molecular flexibility index (Phi) is 3.84. The summed E-state index contributed by atoms with van der Waals surface area (Å²) in [6.45, 7) is 2.07. The lowest BCUT2D eigenvalue weighted by Gasteiger charge is -2.30. The second-order valence-corrected chi connectivity index (χ2v) is 4.64. The summed E-state index contributed by atoms with van der Waals surface area (Å²) in [5.74, 6) is 0.751. The number of carbonyl (C=O) groups excluding carboxylic acids is 1. The second-order valence-electron chi connectivity index (χ2n) is 4.64. The lowest BCUT2D eigenvalue weighted by Crippen LogP contribution is -2.42. The van der Waals surface area contributed by atoms with Crippen LogP contribution in [0.4, 0.5) is 5.69 Å². The van der Waals surface area contributed by atoms with Crippen LogP contribution in [0, 0.1) is 0 Å². The SMILES string of the molecule is CN(C)CCN1C(=O)COc2cc(CN)ccc21. The van der Waals surface area contributed by atoms with Crippen LogP contribution in [0.5, 0.6) is 5.75 Å². The molecule has 1 aliphatic heterocycles. The molecule has 5 nitrogen and oxygen atoms in total. The topological polar surface area (TPSA) is 58.8 Å². The zero-order valence-electron chi connectivity index (χ0n) is 10.8. The van der Waals surface area contributed by atoms with E-state index in [1.54, 1.807) is 4.90 Å². The molecule has 0 fully saturated rings. The Bertz CT molecular complexity index is 446. The van der Waals surface area contributed by atoms with E-state index in [0.29, 0.717) is 13.1 Å². The fourth-order valence-corrected chi connectivity index (χ4v) is 1.92. The first-order valence-corrected chi connectivity index (χ1v) is 6.02. The molecular weight excluding hydrogens is 230 g/mol. The van der Waals surface area contributed by atoms with E-state index < -0.39 is 0 Å². The number of nitrogens with zero attached hydrogens (tertiary/aromatic N) is 2. The van der Waals surface area contributed by atoms with Crippen LogP contribution in [0.15, 0.2) is 18.2 Å². The Morgan fingerprint density at radius 2 is 2.22 bits per heavy atom. The lowest BCUT2D eigenvalue weighted by atomic mass is 10.1. The van der Waals surface area contributed by atoms with Crippen molar-refractivity contribution >= 4 is 11.6 Å². The molecule has 0 saturated heterocycles. The van der Waals surface area contributed by atoms with Crippen molar-refractivity contribution in [1.82, 2.24) is 4.90 Å². The van der Waals surface area contributed by atoms with Gasteiger partial charge in [0.25, 0.3) is 5.91 Å². The van der Waals surface area contributed by atoms with Crippen LogP contribution in [0.25, 0.3) is 0 Å². The van der Waals surface area contributed by atoms with Crippen molar-refractivity contribution in [2.45, 2.75) is 6.54 Å². The fraction of sp³-hybridized carbons (Fsp3) is 0.462. The molecule has 0 saturated carbocycles. The molecule has 0 aromatic heterocycles. The van der Waals surface area contributed by atoms with Gasteiger partial charge in [-0.25, -0.2) is 0 Å². The Labute approximate surface area is 107 Å². The predicted octanol–water partition coefficient (Wildman–Crippen LogP) is 0.432. The number of likely N-dealkylation sites (N-methyl/N-ethyl adjacent to an activating group) is 1. The first-order chi connectivity index (χ1) is 8.61. The third-order valence-corrected chi connectivity index (χ3v) is 2.97. The maximum atomic E-state index is 11.9. The number of rotatable bonds is 4. The zero-order chi connectivity index (χ0) is 13.1. The number of anilines is 1. The third-order valence-electron chi connectivity index (χ3n) is 2.97. The van der Waals surface area contributed by atoms with Crippen molar-refractivity contribution in [2.24, 2.45) is 5.73 Å². The van der Waals surface area contributed by atoms with Gasteiger partial charge >= 0.3 is 0 Å². The quantitative estimate of drug-likeness (QED) is 0.841. The summed E-state index contributed by atoms with van der Waals surface area (Å²) in [4.78, 5) is 15.7. The number of amides is 1. The number of fused-ring (bicyclic) bond motifs is 1. The maximum Gasteiger partial charge on any atom is 0.265 e. The van der Waals surface area contributed by atoms with Crippen LogP contribution < -0.4 is 15.4 Å². The predicted molar refractivity (Wildman–Crippen MR) is 70.7 cm³/mol. The molecule has 1 aromatic carbocycles. The molecule has 2 N–H and O–H groups in total. The summed E-state index contributed by atoms with van der Waals surface area (Å²) in [7, 11) is 3.98. The van der Waals surface area contributed by atoms with Gasteiger partial charge in [-0.05, 0) is 31.8 Å². The summed E-state index contributed by atoms with van der Waals surface area (Å²) in [6, 6.07) is 5.75. The first kappa shape index (κ1) is 12.9. The van der Waals surface area contributed by atoms with Gasteiger partial charge in [-0.15, -0.1) is 0 Å². The second kappa shape index (κ2) is 5.37. The summed E-state index contributed by atoms with van der Waals surface area (Å²) in [5, 5.41) is 0. The van der Waals surface area contributed by atoms with Crippen LogP contribution in [-0.4, -0.2) is 44.6 Å². The Morgan fingerprint density at radius 3 is 2.89 bits per heavy atom. The van der Waals surface area contributed by atoms with Crippen molar-refractivity contribution in [1.29, 1.82) is 0 Å². The van der Waals surface area contributed by atoms with E-state index in [4.69, 9.17) is 10.5 Å². The zero-order valence-corrected chi connectivity index (χ0v) is 10.8. The van der Waals surface area contributed by atoms with E-state index >= 15 is 0 Å². The van der Waals surface area contributed by atoms with E-state index in [1.165, 1.54) is 0 Å². The summed E-state index contributed by atoms with van der Waals surface area (Å²) in [5.41, 5.74) is 7.45. The largest absolute Gasteiger partial charge is 0.482 e. The fourth-order valence-electron chi connectivity index (χ4n) is 1.92. The minimum Gasteiger partial charge on any atom is -0.482 e. The summed E-state index contributed by atoms with van der Waals surface area (Å²) in [6.07, 6.45) is 0. The lowest BCUT2D eigenvalue weighted by molar-refractivity contribution is -0.121. The van der Waals surface area contributed by atoms with Gasteiger partial charge < -0.3 is 20.3 Å². The molecule has 0 unspecified atom stereocenters. The van der Waals surface area contributed by atoms with Crippen molar-refractivity contribution in [2.75, 3.05) is 38.7 Å². The average Bonchev–Trinajstić information content (AvgIpc) is 2.36. The van der Waals surface area contributed by atoms with Gasteiger partial charge in [0.2, 0.25) is 0 Å². The molecule has 2 rings (SSSR count). The number of carbonyl (C=O) groups is 1. The van der Waals surface area contributed by atoms with Gasteiger partial charge in [-0.2, -0.15) is 0 Å². The highest BCUT2D eigenvalue weighted by atomic mass is 16.5. The van der Waals surface area contributed by atoms with Gasteiger partial charge in [0.05, 0.1) is 5.69 Å². The number of hydrogen-bond acceptors (Lipinski definition) is 4. The van der Waals surface area contributed by atoms with Crippen LogP contribution in [0.2, 0.25) is 0 Å². The van der Waals surface area contributed by atoms with Gasteiger partial charge in [-0.3, -0.25) is 4.79 Å². The number of ether oxygens (including phenoxy) is 1.